The average Bonchev–Trinajstić information content (AvgIpc) is 2.77. The fourth-order valence-electron chi connectivity index (χ4n) is 3.71. The Labute approximate surface area is 164 Å². The molecule has 1 amide bonds. The van der Waals surface area contributed by atoms with Crippen molar-refractivity contribution >= 4 is 22.6 Å². The fourth-order valence-corrected chi connectivity index (χ4v) is 3.71. The van der Waals surface area contributed by atoms with Gasteiger partial charge in [0.2, 0.25) is 17.7 Å². The van der Waals surface area contributed by atoms with Crippen molar-refractivity contribution in [3.8, 4) is 5.88 Å². The molecule has 0 spiro atoms. The molecule has 6 nitrogen and oxygen atoms in total. The van der Waals surface area contributed by atoms with Gasteiger partial charge in [-0.25, -0.2) is 4.98 Å². The van der Waals surface area contributed by atoms with Crippen LogP contribution in [-0.2, 0) is 11.3 Å². The van der Waals surface area contributed by atoms with E-state index in [2.05, 4.69) is 44.5 Å². The van der Waals surface area contributed by atoms with Crippen LogP contribution in [0.5, 0.6) is 5.88 Å². The summed E-state index contributed by atoms with van der Waals surface area (Å²) in [5.41, 5.74) is 1.15. The van der Waals surface area contributed by atoms with Gasteiger partial charge in [0.05, 0.1) is 7.11 Å². The minimum Gasteiger partial charge on any atom is -0.481 e. The second-order valence-electron chi connectivity index (χ2n) is 7.02. The maximum absolute atomic E-state index is 12.7. The van der Waals surface area contributed by atoms with E-state index in [1.807, 2.05) is 18.2 Å². The second kappa shape index (κ2) is 8.25. The molecule has 1 N–H and O–H groups in total. The van der Waals surface area contributed by atoms with E-state index in [-0.39, 0.29) is 11.8 Å². The van der Waals surface area contributed by atoms with Crippen LogP contribution < -0.4 is 15.0 Å². The topological polar surface area (TPSA) is 67.3 Å². The number of ether oxygens (including phenoxy) is 1. The van der Waals surface area contributed by atoms with Crippen molar-refractivity contribution in [1.29, 1.82) is 0 Å². The van der Waals surface area contributed by atoms with Gasteiger partial charge in [0.15, 0.2) is 0 Å². The number of hydrogen-bond donors (Lipinski definition) is 1. The van der Waals surface area contributed by atoms with Crippen molar-refractivity contribution in [1.82, 2.24) is 15.3 Å². The Balaban J connectivity index is 1.34. The Kier molecular flexibility index (Phi) is 5.37. The number of rotatable bonds is 5. The lowest BCUT2D eigenvalue weighted by molar-refractivity contribution is -0.125. The van der Waals surface area contributed by atoms with Crippen LogP contribution in [-0.4, -0.2) is 36.1 Å². The number of amides is 1. The maximum atomic E-state index is 12.7. The van der Waals surface area contributed by atoms with Crippen LogP contribution in [0.1, 0.15) is 18.4 Å². The lowest BCUT2D eigenvalue weighted by Crippen LogP contribution is -2.41. The van der Waals surface area contributed by atoms with Gasteiger partial charge in [-0.15, -0.1) is 0 Å². The van der Waals surface area contributed by atoms with Crippen LogP contribution in [0.2, 0.25) is 0 Å². The van der Waals surface area contributed by atoms with E-state index in [0.29, 0.717) is 18.4 Å². The highest BCUT2D eigenvalue weighted by Crippen LogP contribution is 2.23. The van der Waals surface area contributed by atoms with E-state index < -0.39 is 0 Å². The third-order valence-electron chi connectivity index (χ3n) is 5.31. The number of carbonyl (C=O) groups is 1. The summed E-state index contributed by atoms with van der Waals surface area (Å²) in [6.45, 7) is 2.08. The smallest absolute Gasteiger partial charge is 0.228 e. The summed E-state index contributed by atoms with van der Waals surface area (Å²) in [4.78, 5) is 23.5. The highest BCUT2D eigenvalue weighted by atomic mass is 16.5. The molecule has 1 fully saturated rings. The monoisotopic (exact) mass is 376 g/mol. The Bertz CT molecular complexity index is 962. The number of methoxy groups -OCH3 is 1. The Morgan fingerprint density at radius 3 is 2.75 bits per heavy atom. The van der Waals surface area contributed by atoms with E-state index in [4.69, 9.17) is 4.74 Å². The zero-order valence-corrected chi connectivity index (χ0v) is 16.0. The number of benzene rings is 2. The molecule has 0 aliphatic carbocycles. The molecule has 0 unspecified atom stereocenters. The fraction of sp³-hybridized carbons (Fsp3) is 0.318. The molecule has 1 saturated heterocycles. The molecular formula is C22H24N4O2. The van der Waals surface area contributed by atoms with Gasteiger partial charge in [0.1, 0.15) is 0 Å². The summed E-state index contributed by atoms with van der Waals surface area (Å²) in [5.74, 6) is 1.37. The molecule has 28 heavy (non-hydrogen) atoms. The van der Waals surface area contributed by atoms with Gasteiger partial charge in [-0.3, -0.25) is 4.79 Å². The van der Waals surface area contributed by atoms with Crippen LogP contribution in [0, 0.1) is 5.92 Å². The number of anilines is 1. The summed E-state index contributed by atoms with van der Waals surface area (Å²) in [5, 5.41) is 5.51. The quantitative estimate of drug-likeness (QED) is 0.741. The third kappa shape index (κ3) is 3.91. The average molecular weight is 376 g/mol. The lowest BCUT2D eigenvalue weighted by Gasteiger charge is -2.31. The summed E-state index contributed by atoms with van der Waals surface area (Å²) < 4.78 is 5.17. The molecule has 2 aromatic carbocycles. The Morgan fingerprint density at radius 2 is 1.93 bits per heavy atom. The van der Waals surface area contributed by atoms with Crippen LogP contribution in [0.25, 0.3) is 10.8 Å². The van der Waals surface area contributed by atoms with Gasteiger partial charge in [-0.2, -0.15) is 4.98 Å². The van der Waals surface area contributed by atoms with Crippen LogP contribution in [0.15, 0.2) is 54.7 Å². The van der Waals surface area contributed by atoms with Crippen molar-refractivity contribution in [3.05, 3.63) is 60.3 Å². The predicted molar refractivity (Wildman–Crippen MR) is 109 cm³/mol. The van der Waals surface area contributed by atoms with Gasteiger partial charge in [0.25, 0.3) is 0 Å². The Hall–Kier alpha value is -3.15. The summed E-state index contributed by atoms with van der Waals surface area (Å²) >= 11 is 0. The van der Waals surface area contributed by atoms with Crippen LogP contribution in [0.3, 0.4) is 0 Å². The molecule has 0 atom stereocenters. The normalized spacial score (nSPS) is 14.8. The molecule has 1 aromatic heterocycles. The summed E-state index contributed by atoms with van der Waals surface area (Å²) in [6.07, 6.45) is 3.29. The molecule has 6 heteroatoms. The van der Waals surface area contributed by atoms with Gasteiger partial charge >= 0.3 is 0 Å². The minimum atomic E-state index is 0.0248. The standard InChI is InChI=1S/C22H24N4O2/c1-28-20-9-12-23-22(25-20)26-13-10-17(11-14-26)21(27)24-15-18-7-4-6-16-5-2-3-8-19(16)18/h2-9,12,17H,10-11,13-15H2,1H3,(H,24,27). The van der Waals surface area contributed by atoms with Crippen molar-refractivity contribution in [2.24, 2.45) is 5.92 Å². The highest BCUT2D eigenvalue weighted by molar-refractivity contribution is 5.86. The molecule has 1 aliphatic heterocycles. The van der Waals surface area contributed by atoms with E-state index in [1.54, 1.807) is 19.4 Å². The first kappa shape index (κ1) is 18.2. The number of piperidine rings is 1. The molecule has 0 saturated carbocycles. The SMILES string of the molecule is COc1ccnc(N2CCC(C(=O)NCc3cccc4ccccc34)CC2)n1. The van der Waals surface area contributed by atoms with Crippen molar-refractivity contribution < 1.29 is 9.53 Å². The molecular weight excluding hydrogens is 352 g/mol. The first-order valence-electron chi connectivity index (χ1n) is 9.61. The number of carbonyl (C=O) groups excluding carboxylic acids is 1. The van der Waals surface area contributed by atoms with Crippen molar-refractivity contribution in [2.75, 3.05) is 25.1 Å². The van der Waals surface area contributed by atoms with Gasteiger partial charge < -0.3 is 15.0 Å². The highest BCUT2D eigenvalue weighted by Gasteiger charge is 2.26. The molecule has 2 heterocycles. The van der Waals surface area contributed by atoms with Crippen molar-refractivity contribution in [3.63, 3.8) is 0 Å². The third-order valence-corrected chi connectivity index (χ3v) is 5.31. The number of hydrogen-bond acceptors (Lipinski definition) is 5. The zero-order chi connectivity index (χ0) is 19.3. The molecule has 0 bridgehead atoms. The first-order chi connectivity index (χ1) is 13.7. The zero-order valence-electron chi connectivity index (χ0n) is 16.0. The number of fused-ring (bicyclic) bond motifs is 1. The number of nitrogens with one attached hydrogen (secondary N) is 1. The first-order valence-corrected chi connectivity index (χ1v) is 9.61. The maximum Gasteiger partial charge on any atom is 0.228 e. The molecule has 0 radical (unpaired) electrons. The minimum absolute atomic E-state index is 0.0248. The molecule has 144 valence electrons. The van der Waals surface area contributed by atoms with Crippen molar-refractivity contribution in [2.45, 2.75) is 19.4 Å². The largest absolute Gasteiger partial charge is 0.481 e. The van der Waals surface area contributed by atoms with E-state index in [0.717, 1.165) is 31.5 Å². The van der Waals surface area contributed by atoms with E-state index >= 15 is 0 Å². The molecule has 3 aromatic rings. The van der Waals surface area contributed by atoms with Crippen LogP contribution in [0.4, 0.5) is 5.95 Å². The van der Waals surface area contributed by atoms with E-state index in [1.165, 1.54) is 10.8 Å². The second-order valence-corrected chi connectivity index (χ2v) is 7.02. The summed E-state index contributed by atoms with van der Waals surface area (Å²) in [7, 11) is 1.60. The van der Waals surface area contributed by atoms with Gasteiger partial charge in [-0.1, -0.05) is 42.5 Å². The molecule has 1 aliphatic rings. The van der Waals surface area contributed by atoms with Crippen LogP contribution >= 0.6 is 0 Å². The van der Waals surface area contributed by atoms with Gasteiger partial charge in [0, 0.05) is 37.8 Å². The number of nitrogens with zero attached hydrogens (tertiary/aromatic N) is 3. The predicted octanol–water partition coefficient (Wildman–Crippen LogP) is 3.17. The Morgan fingerprint density at radius 1 is 1.14 bits per heavy atom. The molecule has 4 rings (SSSR count). The number of aromatic nitrogens is 2. The van der Waals surface area contributed by atoms with E-state index in [9.17, 15) is 4.79 Å². The summed E-state index contributed by atoms with van der Waals surface area (Å²) in [6, 6.07) is 16.2. The van der Waals surface area contributed by atoms with Gasteiger partial charge in [-0.05, 0) is 29.2 Å². The lowest BCUT2D eigenvalue weighted by atomic mass is 9.96.